The lowest BCUT2D eigenvalue weighted by Crippen LogP contribution is -2.26. The maximum Gasteiger partial charge on any atom is 0.198 e. The molecular formula is C14H16ClFN2O. The van der Waals surface area contributed by atoms with E-state index >= 15 is 0 Å². The van der Waals surface area contributed by atoms with Crippen molar-refractivity contribution in [3.63, 3.8) is 0 Å². The molecule has 102 valence electrons. The van der Waals surface area contributed by atoms with E-state index in [9.17, 15) is 4.39 Å². The van der Waals surface area contributed by atoms with Crippen LogP contribution < -0.4 is 5.32 Å². The van der Waals surface area contributed by atoms with Crippen molar-refractivity contribution in [3.05, 3.63) is 42.2 Å². The number of piperidine rings is 1. The number of rotatable bonds is 2. The van der Waals surface area contributed by atoms with Crippen LogP contribution in [-0.2, 0) is 0 Å². The molecule has 1 aliphatic heterocycles. The lowest BCUT2D eigenvalue weighted by molar-refractivity contribution is 0.378. The van der Waals surface area contributed by atoms with Crippen LogP contribution in [0.15, 0.2) is 34.9 Å². The van der Waals surface area contributed by atoms with Gasteiger partial charge in [0, 0.05) is 11.5 Å². The first kappa shape index (κ1) is 14.0. The molecule has 1 aromatic heterocycles. The van der Waals surface area contributed by atoms with Crippen LogP contribution in [0.2, 0.25) is 0 Å². The lowest BCUT2D eigenvalue weighted by atomic mass is 9.98. The third-order valence-corrected chi connectivity index (χ3v) is 3.34. The summed E-state index contributed by atoms with van der Waals surface area (Å²) in [5.41, 5.74) is 0.865. The summed E-state index contributed by atoms with van der Waals surface area (Å²) in [5, 5.41) is 3.32. The summed E-state index contributed by atoms with van der Waals surface area (Å²) >= 11 is 0. The maximum atomic E-state index is 12.8. The standard InChI is InChI=1S/C14H15FN2O.ClH/c15-12-3-1-10(2-4-12)13-9-17-14(18-13)11-5-7-16-8-6-11;/h1-4,9,11,16H,5-8H2;1H. The molecule has 1 N–H and O–H groups in total. The van der Waals surface area contributed by atoms with E-state index in [1.807, 2.05) is 0 Å². The number of nitrogens with zero attached hydrogens (tertiary/aromatic N) is 1. The molecule has 0 aliphatic carbocycles. The van der Waals surface area contributed by atoms with Crippen molar-refractivity contribution < 1.29 is 8.81 Å². The molecule has 3 rings (SSSR count). The predicted molar refractivity (Wildman–Crippen MR) is 74.0 cm³/mol. The van der Waals surface area contributed by atoms with Crippen LogP contribution in [-0.4, -0.2) is 18.1 Å². The fourth-order valence-corrected chi connectivity index (χ4v) is 2.29. The van der Waals surface area contributed by atoms with Gasteiger partial charge in [-0.05, 0) is 50.2 Å². The molecule has 0 spiro atoms. The van der Waals surface area contributed by atoms with Crippen LogP contribution in [0.3, 0.4) is 0 Å². The summed E-state index contributed by atoms with van der Waals surface area (Å²) in [7, 11) is 0. The minimum absolute atomic E-state index is 0. The second kappa shape index (κ2) is 6.17. The van der Waals surface area contributed by atoms with E-state index in [1.165, 1.54) is 12.1 Å². The van der Waals surface area contributed by atoms with Gasteiger partial charge in [-0.3, -0.25) is 0 Å². The SMILES string of the molecule is Cl.Fc1ccc(-c2cnc(C3CCNCC3)o2)cc1. The molecule has 19 heavy (non-hydrogen) atoms. The monoisotopic (exact) mass is 282 g/mol. The largest absolute Gasteiger partial charge is 0.440 e. The summed E-state index contributed by atoms with van der Waals surface area (Å²) in [6, 6.07) is 6.29. The molecule has 0 amide bonds. The third-order valence-electron chi connectivity index (χ3n) is 3.34. The Balaban J connectivity index is 0.00000133. The first-order valence-corrected chi connectivity index (χ1v) is 6.25. The summed E-state index contributed by atoms with van der Waals surface area (Å²) in [6.07, 6.45) is 3.84. The zero-order valence-corrected chi connectivity index (χ0v) is 11.3. The fraction of sp³-hybridized carbons (Fsp3) is 0.357. The van der Waals surface area contributed by atoms with Gasteiger partial charge in [0.25, 0.3) is 0 Å². The average molecular weight is 283 g/mol. The van der Waals surface area contributed by atoms with Gasteiger partial charge in [-0.15, -0.1) is 12.4 Å². The topological polar surface area (TPSA) is 38.1 Å². The van der Waals surface area contributed by atoms with Crippen LogP contribution in [0.25, 0.3) is 11.3 Å². The summed E-state index contributed by atoms with van der Waals surface area (Å²) in [5.74, 6) is 1.68. The van der Waals surface area contributed by atoms with Crippen molar-refractivity contribution >= 4 is 12.4 Å². The second-order valence-corrected chi connectivity index (χ2v) is 4.59. The number of oxazole rings is 1. The molecule has 0 bridgehead atoms. The Kier molecular flexibility index (Phi) is 4.56. The van der Waals surface area contributed by atoms with Gasteiger partial charge in [0.2, 0.25) is 0 Å². The van der Waals surface area contributed by atoms with E-state index in [1.54, 1.807) is 18.3 Å². The third kappa shape index (κ3) is 3.14. The molecule has 2 heterocycles. The molecule has 0 radical (unpaired) electrons. The molecule has 2 aromatic rings. The Morgan fingerprint density at radius 2 is 1.84 bits per heavy atom. The van der Waals surface area contributed by atoms with Crippen LogP contribution in [0, 0.1) is 5.82 Å². The number of hydrogen-bond donors (Lipinski definition) is 1. The van der Waals surface area contributed by atoms with Crippen molar-refractivity contribution in [1.29, 1.82) is 0 Å². The summed E-state index contributed by atoms with van der Waals surface area (Å²) in [6.45, 7) is 2.03. The average Bonchev–Trinajstić information content (AvgIpc) is 2.90. The van der Waals surface area contributed by atoms with E-state index < -0.39 is 0 Å². The highest BCUT2D eigenvalue weighted by atomic mass is 35.5. The van der Waals surface area contributed by atoms with Crippen LogP contribution in [0.4, 0.5) is 4.39 Å². The molecule has 0 saturated carbocycles. The van der Waals surface area contributed by atoms with Gasteiger partial charge in [0.05, 0.1) is 6.20 Å². The zero-order chi connectivity index (χ0) is 12.4. The Labute approximate surface area is 117 Å². The van der Waals surface area contributed by atoms with E-state index in [2.05, 4.69) is 10.3 Å². The second-order valence-electron chi connectivity index (χ2n) is 4.59. The highest BCUT2D eigenvalue weighted by Crippen LogP contribution is 2.28. The highest BCUT2D eigenvalue weighted by Gasteiger charge is 2.20. The van der Waals surface area contributed by atoms with Gasteiger partial charge in [-0.1, -0.05) is 0 Å². The molecule has 1 fully saturated rings. The first-order chi connectivity index (χ1) is 8.83. The maximum absolute atomic E-state index is 12.8. The lowest BCUT2D eigenvalue weighted by Gasteiger charge is -2.19. The number of aromatic nitrogens is 1. The van der Waals surface area contributed by atoms with Gasteiger partial charge in [-0.2, -0.15) is 0 Å². The molecule has 0 unspecified atom stereocenters. The van der Waals surface area contributed by atoms with Gasteiger partial charge >= 0.3 is 0 Å². The van der Waals surface area contributed by atoms with E-state index in [4.69, 9.17) is 4.42 Å². The van der Waals surface area contributed by atoms with Crippen molar-refractivity contribution in [2.45, 2.75) is 18.8 Å². The van der Waals surface area contributed by atoms with E-state index in [-0.39, 0.29) is 18.2 Å². The Morgan fingerprint density at radius 3 is 2.53 bits per heavy atom. The van der Waals surface area contributed by atoms with Gasteiger partial charge < -0.3 is 9.73 Å². The summed E-state index contributed by atoms with van der Waals surface area (Å²) in [4.78, 5) is 4.35. The smallest absolute Gasteiger partial charge is 0.198 e. The minimum Gasteiger partial charge on any atom is -0.440 e. The Hall–Kier alpha value is -1.39. The van der Waals surface area contributed by atoms with Crippen molar-refractivity contribution in [2.24, 2.45) is 0 Å². The fourth-order valence-electron chi connectivity index (χ4n) is 2.29. The first-order valence-electron chi connectivity index (χ1n) is 6.25. The number of benzene rings is 1. The Bertz CT molecular complexity index is 520. The van der Waals surface area contributed by atoms with Gasteiger partial charge in [0.15, 0.2) is 11.7 Å². The number of halogens is 2. The molecular weight excluding hydrogens is 267 g/mol. The molecule has 1 aliphatic rings. The van der Waals surface area contributed by atoms with Crippen LogP contribution in [0.5, 0.6) is 0 Å². The predicted octanol–water partition coefficient (Wildman–Crippen LogP) is 3.37. The highest BCUT2D eigenvalue weighted by molar-refractivity contribution is 5.85. The number of hydrogen-bond acceptors (Lipinski definition) is 3. The normalized spacial score (nSPS) is 16.1. The van der Waals surface area contributed by atoms with Gasteiger partial charge in [-0.25, -0.2) is 9.37 Å². The molecule has 5 heteroatoms. The van der Waals surface area contributed by atoms with Crippen LogP contribution in [0.1, 0.15) is 24.7 Å². The van der Waals surface area contributed by atoms with Crippen molar-refractivity contribution in [3.8, 4) is 11.3 Å². The van der Waals surface area contributed by atoms with Crippen molar-refractivity contribution in [2.75, 3.05) is 13.1 Å². The quantitative estimate of drug-likeness (QED) is 0.918. The zero-order valence-electron chi connectivity index (χ0n) is 10.4. The molecule has 0 atom stereocenters. The number of nitrogens with one attached hydrogen (secondary N) is 1. The Morgan fingerprint density at radius 1 is 1.16 bits per heavy atom. The van der Waals surface area contributed by atoms with E-state index in [0.29, 0.717) is 11.7 Å². The van der Waals surface area contributed by atoms with Crippen molar-refractivity contribution in [1.82, 2.24) is 10.3 Å². The molecule has 1 saturated heterocycles. The summed E-state index contributed by atoms with van der Waals surface area (Å²) < 4.78 is 18.6. The van der Waals surface area contributed by atoms with Crippen LogP contribution >= 0.6 is 12.4 Å². The minimum atomic E-state index is -0.239. The molecule has 3 nitrogen and oxygen atoms in total. The van der Waals surface area contributed by atoms with E-state index in [0.717, 1.165) is 37.4 Å². The van der Waals surface area contributed by atoms with Gasteiger partial charge in [0.1, 0.15) is 5.82 Å². The molecule has 1 aromatic carbocycles.